The molecule has 0 fully saturated rings. The highest BCUT2D eigenvalue weighted by Gasteiger charge is 2.20. The van der Waals surface area contributed by atoms with Gasteiger partial charge in [0.25, 0.3) is 5.69 Å². The van der Waals surface area contributed by atoms with Crippen LogP contribution >= 0.6 is 0 Å². The standard InChI is InChI=1S/C25H25NO8/c1-15(16-6-9-19(10-7-16)26(28)29)34-21-12-17(8-11-20(21)30-2)24(27)18-13-22(31-3)25(33-5)23(14-18)32-4/h6-15H,1-5H3. The number of ether oxygens (including phenoxy) is 5. The van der Waals surface area contributed by atoms with Crippen LogP contribution in [0.1, 0.15) is 34.5 Å². The number of hydrogen-bond acceptors (Lipinski definition) is 8. The molecule has 0 aliphatic carbocycles. The van der Waals surface area contributed by atoms with Crippen LogP contribution < -0.4 is 23.7 Å². The van der Waals surface area contributed by atoms with Crippen molar-refractivity contribution in [3.05, 3.63) is 81.4 Å². The van der Waals surface area contributed by atoms with E-state index in [1.807, 2.05) is 0 Å². The van der Waals surface area contributed by atoms with E-state index >= 15 is 0 Å². The molecule has 9 heteroatoms. The Labute approximate surface area is 196 Å². The van der Waals surface area contributed by atoms with Crippen molar-refractivity contribution in [2.75, 3.05) is 28.4 Å². The lowest BCUT2D eigenvalue weighted by molar-refractivity contribution is -0.384. The molecule has 0 spiro atoms. The van der Waals surface area contributed by atoms with Crippen LogP contribution in [0.15, 0.2) is 54.6 Å². The zero-order valence-corrected chi connectivity index (χ0v) is 19.5. The molecular weight excluding hydrogens is 442 g/mol. The highest BCUT2D eigenvalue weighted by atomic mass is 16.6. The van der Waals surface area contributed by atoms with Crippen molar-refractivity contribution in [3.8, 4) is 28.7 Å². The van der Waals surface area contributed by atoms with Gasteiger partial charge in [-0.2, -0.15) is 0 Å². The van der Waals surface area contributed by atoms with Crippen molar-refractivity contribution in [1.82, 2.24) is 0 Å². The van der Waals surface area contributed by atoms with Crippen molar-refractivity contribution in [2.45, 2.75) is 13.0 Å². The molecular formula is C25H25NO8. The van der Waals surface area contributed by atoms with Crippen LogP contribution in [0.2, 0.25) is 0 Å². The Hall–Kier alpha value is -4.27. The van der Waals surface area contributed by atoms with Gasteiger partial charge in [-0.05, 0) is 55.0 Å². The molecule has 1 unspecified atom stereocenters. The topological polar surface area (TPSA) is 106 Å². The monoisotopic (exact) mass is 467 g/mol. The number of benzene rings is 3. The lowest BCUT2D eigenvalue weighted by atomic mass is 10.0. The Morgan fingerprint density at radius 2 is 1.32 bits per heavy atom. The van der Waals surface area contributed by atoms with E-state index in [4.69, 9.17) is 23.7 Å². The average Bonchev–Trinajstić information content (AvgIpc) is 2.87. The van der Waals surface area contributed by atoms with E-state index in [2.05, 4.69) is 0 Å². The quantitative estimate of drug-likeness (QED) is 0.233. The van der Waals surface area contributed by atoms with E-state index in [1.165, 1.54) is 40.6 Å². The predicted octanol–water partition coefficient (Wildman–Crippen LogP) is 5.00. The first-order chi connectivity index (χ1) is 16.3. The molecule has 34 heavy (non-hydrogen) atoms. The minimum atomic E-state index is -0.462. The average molecular weight is 467 g/mol. The summed E-state index contributed by atoms with van der Waals surface area (Å²) in [5, 5.41) is 10.9. The molecule has 3 aromatic rings. The number of carbonyl (C=O) groups is 1. The largest absolute Gasteiger partial charge is 0.493 e. The summed E-state index contributed by atoms with van der Waals surface area (Å²) in [5.74, 6) is 1.62. The second-order valence-electron chi connectivity index (χ2n) is 7.22. The number of nitro benzene ring substituents is 1. The Morgan fingerprint density at radius 3 is 1.82 bits per heavy atom. The van der Waals surface area contributed by atoms with Crippen LogP contribution in [0.4, 0.5) is 5.69 Å². The number of carbonyl (C=O) groups excluding carboxylic acids is 1. The normalized spacial score (nSPS) is 11.3. The summed E-state index contributed by atoms with van der Waals surface area (Å²) in [6.07, 6.45) is -0.457. The minimum Gasteiger partial charge on any atom is -0.493 e. The van der Waals surface area contributed by atoms with Gasteiger partial charge in [-0.3, -0.25) is 14.9 Å². The fraction of sp³-hybridized carbons (Fsp3) is 0.240. The Kier molecular flexibility index (Phi) is 7.57. The summed E-state index contributed by atoms with van der Waals surface area (Å²) < 4.78 is 27.5. The van der Waals surface area contributed by atoms with Gasteiger partial charge in [-0.15, -0.1) is 0 Å². The lowest BCUT2D eigenvalue weighted by Gasteiger charge is -2.18. The Balaban J connectivity index is 1.93. The van der Waals surface area contributed by atoms with Gasteiger partial charge < -0.3 is 23.7 Å². The van der Waals surface area contributed by atoms with Gasteiger partial charge in [0, 0.05) is 23.3 Å². The molecule has 3 aromatic carbocycles. The fourth-order valence-corrected chi connectivity index (χ4v) is 3.41. The molecule has 0 aromatic heterocycles. The molecule has 9 nitrogen and oxygen atoms in total. The van der Waals surface area contributed by atoms with E-state index in [9.17, 15) is 14.9 Å². The molecule has 0 heterocycles. The molecule has 178 valence electrons. The first-order valence-electron chi connectivity index (χ1n) is 10.3. The second-order valence-corrected chi connectivity index (χ2v) is 7.22. The van der Waals surface area contributed by atoms with Crippen molar-refractivity contribution in [3.63, 3.8) is 0 Å². The van der Waals surface area contributed by atoms with Crippen LogP contribution in [-0.4, -0.2) is 39.1 Å². The van der Waals surface area contributed by atoms with Gasteiger partial charge in [-0.25, -0.2) is 0 Å². The van der Waals surface area contributed by atoms with Crippen LogP contribution in [-0.2, 0) is 0 Å². The van der Waals surface area contributed by atoms with Crippen LogP contribution in [0.25, 0.3) is 0 Å². The smallest absolute Gasteiger partial charge is 0.269 e. The third kappa shape index (κ3) is 5.03. The molecule has 0 aliphatic rings. The van der Waals surface area contributed by atoms with Crippen molar-refractivity contribution >= 4 is 11.5 Å². The van der Waals surface area contributed by atoms with Crippen LogP contribution in [0.5, 0.6) is 28.7 Å². The number of rotatable bonds is 10. The maximum Gasteiger partial charge on any atom is 0.269 e. The first kappa shape index (κ1) is 24.4. The van der Waals surface area contributed by atoms with E-state index in [-0.39, 0.29) is 11.5 Å². The molecule has 3 rings (SSSR count). The molecule has 1 atom stereocenters. The van der Waals surface area contributed by atoms with Gasteiger partial charge in [0.05, 0.1) is 33.4 Å². The number of ketones is 1. The van der Waals surface area contributed by atoms with Gasteiger partial charge in [0.1, 0.15) is 6.10 Å². The van der Waals surface area contributed by atoms with E-state index < -0.39 is 11.0 Å². The molecule has 0 amide bonds. The summed E-state index contributed by atoms with van der Waals surface area (Å²) in [6.45, 7) is 1.80. The lowest BCUT2D eigenvalue weighted by Crippen LogP contribution is -2.07. The second kappa shape index (κ2) is 10.6. The van der Waals surface area contributed by atoms with Crippen LogP contribution in [0, 0.1) is 10.1 Å². The highest BCUT2D eigenvalue weighted by molar-refractivity contribution is 6.10. The van der Waals surface area contributed by atoms with Crippen molar-refractivity contribution < 1.29 is 33.4 Å². The van der Waals surface area contributed by atoms with Crippen molar-refractivity contribution in [2.24, 2.45) is 0 Å². The van der Waals surface area contributed by atoms with E-state index in [1.54, 1.807) is 49.4 Å². The molecule has 0 N–H and O–H groups in total. The Bertz CT molecular complexity index is 1170. The molecule has 0 bridgehead atoms. The zero-order chi connectivity index (χ0) is 24.8. The SMILES string of the molecule is COc1ccc(C(=O)c2cc(OC)c(OC)c(OC)c2)cc1OC(C)c1ccc([N+](=O)[O-])cc1. The summed E-state index contributed by atoms with van der Waals surface area (Å²) >= 11 is 0. The molecule has 0 radical (unpaired) electrons. The minimum absolute atomic E-state index is 0.00790. The summed E-state index contributed by atoms with van der Waals surface area (Å²) in [7, 11) is 5.94. The number of methoxy groups -OCH3 is 4. The highest BCUT2D eigenvalue weighted by Crippen LogP contribution is 2.39. The molecule has 0 saturated carbocycles. The number of hydrogen-bond donors (Lipinski definition) is 0. The summed E-state index contributed by atoms with van der Waals surface area (Å²) in [5.41, 5.74) is 1.43. The third-order valence-corrected chi connectivity index (χ3v) is 5.23. The van der Waals surface area contributed by atoms with Crippen LogP contribution in [0.3, 0.4) is 0 Å². The predicted molar refractivity (Wildman–Crippen MR) is 125 cm³/mol. The van der Waals surface area contributed by atoms with Gasteiger partial charge in [0.2, 0.25) is 5.75 Å². The summed E-state index contributed by atoms with van der Waals surface area (Å²) in [6, 6.07) is 14.1. The maximum atomic E-state index is 13.3. The number of nitro groups is 1. The summed E-state index contributed by atoms with van der Waals surface area (Å²) in [4.78, 5) is 23.7. The van der Waals surface area contributed by atoms with Crippen molar-refractivity contribution in [1.29, 1.82) is 0 Å². The van der Waals surface area contributed by atoms with Gasteiger partial charge >= 0.3 is 0 Å². The molecule has 0 saturated heterocycles. The first-order valence-corrected chi connectivity index (χ1v) is 10.3. The van der Waals surface area contributed by atoms with E-state index in [0.717, 1.165) is 5.56 Å². The van der Waals surface area contributed by atoms with Gasteiger partial charge in [-0.1, -0.05) is 0 Å². The zero-order valence-electron chi connectivity index (χ0n) is 19.5. The van der Waals surface area contributed by atoms with E-state index in [0.29, 0.717) is 39.9 Å². The number of non-ortho nitro benzene ring substituents is 1. The fourth-order valence-electron chi connectivity index (χ4n) is 3.41. The van der Waals surface area contributed by atoms with Gasteiger partial charge in [0.15, 0.2) is 28.8 Å². The third-order valence-electron chi connectivity index (χ3n) is 5.23. The molecule has 0 aliphatic heterocycles. The Morgan fingerprint density at radius 1 is 0.765 bits per heavy atom. The number of nitrogens with zero attached hydrogens (tertiary/aromatic N) is 1. The maximum absolute atomic E-state index is 13.3.